The van der Waals surface area contributed by atoms with Crippen molar-refractivity contribution in [1.29, 1.82) is 0 Å². The number of nitrogens with zero attached hydrogens (tertiary/aromatic N) is 2. The summed E-state index contributed by atoms with van der Waals surface area (Å²) in [6, 6.07) is 0. The zero-order valence-electron chi connectivity index (χ0n) is 14.4. The van der Waals surface area contributed by atoms with Gasteiger partial charge in [-0.05, 0) is 26.7 Å². The van der Waals surface area contributed by atoms with Crippen molar-refractivity contribution in [2.75, 3.05) is 26.2 Å². The number of rotatable bonds is 6. The van der Waals surface area contributed by atoms with E-state index in [-0.39, 0.29) is 24.1 Å². The molecule has 8 nitrogen and oxygen atoms in total. The van der Waals surface area contributed by atoms with Crippen LogP contribution in [0, 0.1) is 6.92 Å². The molecule has 8 heteroatoms. The molecule has 0 spiro atoms. The van der Waals surface area contributed by atoms with Gasteiger partial charge in [-0.25, -0.2) is 4.98 Å². The van der Waals surface area contributed by atoms with Crippen molar-refractivity contribution in [1.82, 2.24) is 15.2 Å². The van der Waals surface area contributed by atoms with E-state index in [0.717, 1.165) is 0 Å². The summed E-state index contributed by atoms with van der Waals surface area (Å²) in [5.74, 6) is -0.0427. The lowest BCUT2D eigenvalue weighted by Gasteiger charge is -2.39. The van der Waals surface area contributed by atoms with Crippen LogP contribution in [0.3, 0.4) is 0 Å². The number of carbonyl (C=O) groups excluding carboxylic acids is 2. The summed E-state index contributed by atoms with van der Waals surface area (Å²) in [4.78, 5) is 29.8. The largest absolute Gasteiger partial charge is 0.448 e. The predicted molar refractivity (Wildman–Crippen MR) is 85.4 cm³/mol. The normalized spacial score (nSPS) is 18.2. The smallest absolute Gasteiger partial charge is 0.273 e. The van der Waals surface area contributed by atoms with E-state index in [1.165, 1.54) is 6.26 Å². The van der Waals surface area contributed by atoms with Crippen LogP contribution >= 0.6 is 0 Å². The second-order valence-electron chi connectivity index (χ2n) is 6.08. The summed E-state index contributed by atoms with van der Waals surface area (Å²) < 4.78 is 10.3. The molecule has 0 aliphatic carbocycles. The number of carbonyl (C=O) groups is 2. The van der Waals surface area contributed by atoms with Gasteiger partial charge >= 0.3 is 0 Å². The number of nitrogens with one attached hydrogen (secondary N) is 1. The maximum Gasteiger partial charge on any atom is 0.273 e. The first-order chi connectivity index (χ1) is 11.3. The summed E-state index contributed by atoms with van der Waals surface area (Å²) in [7, 11) is 0. The molecule has 1 atom stereocenters. The maximum atomic E-state index is 12.2. The van der Waals surface area contributed by atoms with Crippen molar-refractivity contribution in [3.05, 3.63) is 17.8 Å². The third-order valence-electron chi connectivity index (χ3n) is 4.20. The zero-order chi connectivity index (χ0) is 17.7. The fourth-order valence-electron chi connectivity index (χ4n) is 2.70. The molecule has 2 amide bonds. The van der Waals surface area contributed by atoms with Gasteiger partial charge in [0.2, 0.25) is 0 Å². The SMILES string of the molecule is CCOC(C)C(=O)N1CCC(O)(CNC(=O)c2coc(C)n2)CC1. The number of oxazole rings is 1. The number of amides is 2. The van der Waals surface area contributed by atoms with Gasteiger partial charge in [0.1, 0.15) is 12.4 Å². The molecular weight excluding hydrogens is 314 g/mol. The van der Waals surface area contributed by atoms with Gasteiger partial charge in [0, 0.05) is 33.2 Å². The van der Waals surface area contributed by atoms with E-state index in [4.69, 9.17) is 9.15 Å². The highest BCUT2D eigenvalue weighted by Crippen LogP contribution is 2.22. The Bertz CT molecular complexity index is 578. The monoisotopic (exact) mass is 339 g/mol. The van der Waals surface area contributed by atoms with Crippen LogP contribution < -0.4 is 5.32 Å². The molecule has 2 N–H and O–H groups in total. The molecule has 1 unspecified atom stereocenters. The molecule has 0 radical (unpaired) electrons. The second-order valence-corrected chi connectivity index (χ2v) is 6.08. The van der Waals surface area contributed by atoms with E-state index in [1.807, 2.05) is 6.92 Å². The molecule has 0 saturated carbocycles. The van der Waals surface area contributed by atoms with E-state index < -0.39 is 11.7 Å². The van der Waals surface area contributed by atoms with Gasteiger partial charge in [-0.1, -0.05) is 0 Å². The summed E-state index contributed by atoms with van der Waals surface area (Å²) in [5, 5.41) is 13.3. The molecule has 1 fully saturated rings. The van der Waals surface area contributed by atoms with Gasteiger partial charge < -0.3 is 24.5 Å². The van der Waals surface area contributed by atoms with E-state index in [1.54, 1.807) is 18.7 Å². The first-order valence-corrected chi connectivity index (χ1v) is 8.18. The third kappa shape index (κ3) is 4.55. The predicted octanol–water partition coefficient (Wildman–Crippen LogP) is 0.491. The van der Waals surface area contributed by atoms with Crippen molar-refractivity contribution >= 4 is 11.8 Å². The van der Waals surface area contributed by atoms with Crippen LogP contribution in [0.2, 0.25) is 0 Å². The fourth-order valence-corrected chi connectivity index (χ4v) is 2.70. The Morgan fingerprint density at radius 3 is 2.71 bits per heavy atom. The number of piperidine rings is 1. The molecule has 0 aromatic carbocycles. The molecule has 2 rings (SSSR count). The molecule has 1 aliphatic heterocycles. The van der Waals surface area contributed by atoms with Crippen LogP contribution in [0.25, 0.3) is 0 Å². The number of likely N-dealkylation sites (tertiary alicyclic amines) is 1. The quantitative estimate of drug-likeness (QED) is 0.781. The molecule has 1 aromatic heterocycles. The van der Waals surface area contributed by atoms with Crippen molar-refractivity contribution in [3.8, 4) is 0 Å². The minimum Gasteiger partial charge on any atom is -0.448 e. The standard InChI is InChI=1S/C16H25N3O5/c1-4-23-11(2)15(21)19-7-5-16(22,6-8-19)10-17-14(20)13-9-24-12(3)18-13/h9,11,22H,4-8,10H2,1-3H3,(H,17,20). The van der Waals surface area contributed by atoms with Crippen LogP contribution in [0.1, 0.15) is 43.1 Å². The molecule has 0 bridgehead atoms. The van der Waals surface area contributed by atoms with Crippen molar-refractivity contribution in [2.45, 2.75) is 45.3 Å². The average Bonchev–Trinajstić information content (AvgIpc) is 2.99. The Hall–Kier alpha value is -1.93. The molecule has 134 valence electrons. The molecule has 2 heterocycles. The van der Waals surface area contributed by atoms with Gasteiger partial charge in [-0.15, -0.1) is 0 Å². The highest BCUT2D eigenvalue weighted by atomic mass is 16.5. The van der Waals surface area contributed by atoms with Crippen LogP contribution in [0.15, 0.2) is 10.7 Å². The van der Waals surface area contributed by atoms with Gasteiger partial charge in [0.05, 0.1) is 5.60 Å². The summed E-state index contributed by atoms with van der Waals surface area (Å²) in [5.41, 5.74) is -0.839. The Balaban J connectivity index is 1.81. The number of aryl methyl sites for hydroxylation is 1. The minimum atomic E-state index is -1.03. The second kappa shape index (κ2) is 7.76. The number of aromatic nitrogens is 1. The van der Waals surface area contributed by atoms with Crippen molar-refractivity contribution in [2.24, 2.45) is 0 Å². The van der Waals surface area contributed by atoms with Gasteiger partial charge in [-0.3, -0.25) is 9.59 Å². The summed E-state index contributed by atoms with van der Waals surface area (Å²) in [6.07, 6.45) is 1.60. The fraction of sp³-hybridized carbons (Fsp3) is 0.688. The lowest BCUT2D eigenvalue weighted by Crippen LogP contribution is -2.53. The van der Waals surface area contributed by atoms with Gasteiger partial charge in [0.25, 0.3) is 11.8 Å². The highest BCUT2D eigenvalue weighted by Gasteiger charge is 2.35. The van der Waals surface area contributed by atoms with Gasteiger partial charge in [0.15, 0.2) is 11.6 Å². The highest BCUT2D eigenvalue weighted by molar-refractivity contribution is 5.91. The Morgan fingerprint density at radius 2 is 2.17 bits per heavy atom. The van der Waals surface area contributed by atoms with E-state index >= 15 is 0 Å². The van der Waals surface area contributed by atoms with Gasteiger partial charge in [-0.2, -0.15) is 0 Å². The van der Waals surface area contributed by atoms with Crippen LogP contribution in [-0.4, -0.2) is 64.8 Å². The van der Waals surface area contributed by atoms with Crippen molar-refractivity contribution < 1.29 is 23.8 Å². The van der Waals surface area contributed by atoms with Crippen LogP contribution in [0.5, 0.6) is 0 Å². The first kappa shape index (κ1) is 18.4. The first-order valence-electron chi connectivity index (χ1n) is 8.18. The molecule has 1 saturated heterocycles. The minimum absolute atomic E-state index is 0.0685. The van der Waals surface area contributed by atoms with Crippen molar-refractivity contribution in [3.63, 3.8) is 0 Å². The Labute approximate surface area is 141 Å². The molecular formula is C16H25N3O5. The van der Waals surface area contributed by atoms with E-state index in [0.29, 0.717) is 38.4 Å². The molecule has 24 heavy (non-hydrogen) atoms. The summed E-state index contributed by atoms with van der Waals surface area (Å²) in [6.45, 7) is 6.70. The lowest BCUT2D eigenvalue weighted by atomic mass is 9.91. The Morgan fingerprint density at radius 1 is 1.50 bits per heavy atom. The average molecular weight is 339 g/mol. The lowest BCUT2D eigenvalue weighted by molar-refractivity contribution is -0.146. The Kier molecular flexibility index (Phi) is 5.95. The third-order valence-corrected chi connectivity index (χ3v) is 4.20. The number of hydrogen-bond acceptors (Lipinski definition) is 6. The number of ether oxygens (including phenoxy) is 1. The zero-order valence-corrected chi connectivity index (χ0v) is 14.4. The van der Waals surface area contributed by atoms with Crippen LogP contribution in [0.4, 0.5) is 0 Å². The van der Waals surface area contributed by atoms with E-state index in [2.05, 4.69) is 10.3 Å². The molecule has 1 aromatic rings. The van der Waals surface area contributed by atoms with E-state index in [9.17, 15) is 14.7 Å². The molecule has 1 aliphatic rings. The number of aliphatic hydroxyl groups is 1. The number of hydrogen-bond donors (Lipinski definition) is 2. The topological polar surface area (TPSA) is 105 Å². The van der Waals surface area contributed by atoms with Crippen LogP contribution in [-0.2, 0) is 9.53 Å². The summed E-state index contributed by atoms with van der Waals surface area (Å²) >= 11 is 0. The maximum absolute atomic E-state index is 12.2.